The van der Waals surface area contributed by atoms with Crippen molar-refractivity contribution in [3.8, 4) is 0 Å². The van der Waals surface area contributed by atoms with Gasteiger partial charge < -0.3 is 9.64 Å². The molecule has 1 aromatic rings. The Labute approximate surface area is 135 Å². The number of ether oxygens (including phenoxy) is 1. The van der Waals surface area contributed by atoms with Crippen LogP contribution in [0.3, 0.4) is 0 Å². The second-order valence-electron chi connectivity index (χ2n) is 6.23. The van der Waals surface area contributed by atoms with Crippen LogP contribution in [0.2, 0.25) is 0 Å². The van der Waals surface area contributed by atoms with Gasteiger partial charge in [0.2, 0.25) is 5.91 Å². The van der Waals surface area contributed by atoms with E-state index in [9.17, 15) is 4.79 Å². The third-order valence-electron chi connectivity index (χ3n) is 3.99. The first-order valence-corrected chi connectivity index (χ1v) is 8.33. The van der Waals surface area contributed by atoms with Gasteiger partial charge >= 0.3 is 0 Å². The van der Waals surface area contributed by atoms with Crippen LogP contribution in [0.25, 0.3) is 0 Å². The molecule has 1 aliphatic carbocycles. The van der Waals surface area contributed by atoms with Crippen molar-refractivity contribution in [3.05, 3.63) is 34.3 Å². The molecule has 1 fully saturated rings. The first-order chi connectivity index (χ1) is 9.99. The molecule has 0 aliphatic heterocycles. The molecule has 0 N–H and O–H groups in total. The molecule has 0 aromatic heterocycles. The summed E-state index contributed by atoms with van der Waals surface area (Å²) in [6.45, 7) is 6.35. The fourth-order valence-electron chi connectivity index (χ4n) is 2.74. The Morgan fingerprint density at radius 3 is 2.43 bits per heavy atom. The number of hydrogen-bond donors (Lipinski definition) is 0. The lowest BCUT2D eigenvalue weighted by atomic mass is 9.94. The molecule has 2 rings (SSSR count). The van der Waals surface area contributed by atoms with Gasteiger partial charge in [-0.3, -0.25) is 4.79 Å². The summed E-state index contributed by atoms with van der Waals surface area (Å²) in [7, 11) is 1.68. The van der Waals surface area contributed by atoms with E-state index in [1.165, 1.54) is 0 Å². The zero-order valence-electron chi connectivity index (χ0n) is 13.1. The van der Waals surface area contributed by atoms with Crippen LogP contribution in [0.4, 0.5) is 0 Å². The largest absolute Gasteiger partial charge is 0.383 e. The number of benzene rings is 1. The maximum absolute atomic E-state index is 13.0. The summed E-state index contributed by atoms with van der Waals surface area (Å²) in [4.78, 5) is 15.0. The molecule has 4 heteroatoms. The Morgan fingerprint density at radius 1 is 1.33 bits per heavy atom. The van der Waals surface area contributed by atoms with E-state index in [-0.39, 0.29) is 11.3 Å². The fraction of sp³-hybridized carbons (Fsp3) is 0.588. The molecule has 0 heterocycles. The zero-order chi connectivity index (χ0) is 15.5. The first kappa shape index (κ1) is 16.5. The highest BCUT2D eigenvalue weighted by molar-refractivity contribution is 9.10. The van der Waals surface area contributed by atoms with Crippen molar-refractivity contribution in [1.29, 1.82) is 0 Å². The quantitative estimate of drug-likeness (QED) is 0.749. The highest BCUT2D eigenvalue weighted by Gasteiger charge is 2.52. The SMILES string of the molecule is COCCN(CC(C)C)C(=O)C1(c2ccc(Br)cc2)CC1. The predicted molar refractivity (Wildman–Crippen MR) is 88.3 cm³/mol. The molecule has 0 saturated heterocycles. The van der Waals surface area contributed by atoms with Crippen molar-refractivity contribution in [2.45, 2.75) is 32.1 Å². The monoisotopic (exact) mass is 353 g/mol. The van der Waals surface area contributed by atoms with E-state index in [1.54, 1.807) is 7.11 Å². The van der Waals surface area contributed by atoms with Gasteiger partial charge in [0.1, 0.15) is 0 Å². The van der Waals surface area contributed by atoms with E-state index in [1.807, 2.05) is 17.0 Å². The molecule has 1 amide bonds. The van der Waals surface area contributed by atoms with Crippen LogP contribution >= 0.6 is 15.9 Å². The summed E-state index contributed by atoms with van der Waals surface area (Å²) >= 11 is 3.45. The smallest absolute Gasteiger partial charge is 0.233 e. The minimum absolute atomic E-state index is 0.260. The maximum Gasteiger partial charge on any atom is 0.233 e. The van der Waals surface area contributed by atoms with Gasteiger partial charge in [-0.15, -0.1) is 0 Å². The number of carbonyl (C=O) groups is 1. The average Bonchev–Trinajstić information content (AvgIpc) is 3.24. The zero-order valence-corrected chi connectivity index (χ0v) is 14.6. The van der Waals surface area contributed by atoms with Crippen molar-refractivity contribution < 1.29 is 9.53 Å². The summed E-state index contributed by atoms with van der Waals surface area (Å²) in [5, 5.41) is 0. The molecular formula is C17H24BrNO2. The van der Waals surface area contributed by atoms with Crippen molar-refractivity contribution in [2.24, 2.45) is 5.92 Å². The lowest BCUT2D eigenvalue weighted by Crippen LogP contribution is -2.43. The van der Waals surface area contributed by atoms with Crippen LogP contribution in [0.15, 0.2) is 28.7 Å². The van der Waals surface area contributed by atoms with Gasteiger partial charge in [-0.1, -0.05) is 41.9 Å². The standard InChI is InChI=1S/C17H24BrNO2/c1-13(2)12-19(10-11-21-3)16(20)17(8-9-17)14-4-6-15(18)7-5-14/h4-7,13H,8-12H2,1-3H3. The van der Waals surface area contributed by atoms with Gasteiger partial charge in [0.25, 0.3) is 0 Å². The Morgan fingerprint density at radius 2 is 1.95 bits per heavy atom. The number of hydrogen-bond acceptors (Lipinski definition) is 2. The summed E-state index contributed by atoms with van der Waals surface area (Å²) in [6.07, 6.45) is 1.91. The molecule has 21 heavy (non-hydrogen) atoms. The fourth-order valence-corrected chi connectivity index (χ4v) is 3.00. The second kappa shape index (κ2) is 6.93. The number of nitrogens with zero attached hydrogens (tertiary/aromatic N) is 1. The van der Waals surface area contributed by atoms with E-state index in [4.69, 9.17) is 4.74 Å². The number of amides is 1. The van der Waals surface area contributed by atoms with E-state index >= 15 is 0 Å². The predicted octanol–water partition coefficient (Wildman–Crippen LogP) is 3.61. The number of rotatable bonds is 7. The Bertz CT molecular complexity index is 480. The van der Waals surface area contributed by atoms with E-state index in [0.29, 0.717) is 19.1 Å². The average molecular weight is 354 g/mol. The lowest BCUT2D eigenvalue weighted by molar-refractivity contribution is -0.135. The molecular weight excluding hydrogens is 330 g/mol. The van der Waals surface area contributed by atoms with Gasteiger partial charge in [0, 0.05) is 24.7 Å². The van der Waals surface area contributed by atoms with Crippen molar-refractivity contribution in [1.82, 2.24) is 4.90 Å². The van der Waals surface area contributed by atoms with Crippen LogP contribution < -0.4 is 0 Å². The van der Waals surface area contributed by atoms with Crippen LogP contribution in [0, 0.1) is 5.92 Å². The van der Waals surface area contributed by atoms with Crippen molar-refractivity contribution >= 4 is 21.8 Å². The normalized spacial score (nSPS) is 16.0. The van der Waals surface area contributed by atoms with Crippen LogP contribution in [-0.4, -0.2) is 37.6 Å². The molecule has 1 aromatic carbocycles. The number of methoxy groups -OCH3 is 1. The molecule has 1 aliphatic rings. The molecule has 0 atom stereocenters. The summed E-state index contributed by atoms with van der Waals surface area (Å²) < 4.78 is 6.21. The van der Waals surface area contributed by atoms with Gasteiger partial charge in [0.15, 0.2) is 0 Å². The van der Waals surface area contributed by atoms with Crippen LogP contribution in [-0.2, 0) is 14.9 Å². The molecule has 0 bridgehead atoms. The number of halogens is 1. The van der Waals surface area contributed by atoms with Crippen LogP contribution in [0.1, 0.15) is 32.3 Å². The molecule has 0 radical (unpaired) electrons. The number of carbonyl (C=O) groups excluding carboxylic acids is 1. The van der Waals surface area contributed by atoms with Gasteiger partial charge in [-0.25, -0.2) is 0 Å². The minimum atomic E-state index is -0.288. The molecule has 3 nitrogen and oxygen atoms in total. The Balaban J connectivity index is 2.16. The van der Waals surface area contributed by atoms with Gasteiger partial charge in [0.05, 0.1) is 12.0 Å². The molecule has 116 valence electrons. The second-order valence-corrected chi connectivity index (χ2v) is 7.14. The van der Waals surface area contributed by atoms with E-state index in [0.717, 1.165) is 29.4 Å². The maximum atomic E-state index is 13.0. The van der Waals surface area contributed by atoms with Gasteiger partial charge in [-0.05, 0) is 36.5 Å². The van der Waals surface area contributed by atoms with E-state index in [2.05, 4.69) is 41.9 Å². The Hall–Kier alpha value is -0.870. The topological polar surface area (TPSA) is 29.5 Å². The molecule has 0 spiro atoms. The highest BCUT2D eigenvalue weighted by atomic mass is 79.9. The Kier molecular flexibility index (Phi) is 5.44. The van der Waals surface area contributed by atoms with E-state index < -0.39 is 0 Å². The van der Waals surface area contributed by atoms with Crippen LogP contribution in [0.5, 0.6) is 0 Å². The minimum Gasteiger partial charge on any atom is -0.383 e. The third-order valence-corrected chi connectivity index (χ3v) is 4.52. The van der Waals surface area contributed by atoms with Crippen molar-refractivity contribution in [2.75, 3.05) is 26.8 Å². The summed E-state index contributed by atoms with van der Waals surface area (Å²) in [5.74, 6) is 0.724. The van der Waals surface area contributed by atoms with Gasteiger partial charge in [-0.2, -0.15) is 0 Å². The molecule has 0 unspecified atom stereocenters. The summed E-state index contributed by atoms with van der Waals surface area (Å²) in [5.41, 5.74) is 0.852. The highest BCUT2D eigenvalue weighted by Crippen LogP contribution is 2.49. The summed E-state index contributed by atoms with van der Waals surface area (Å²) in [6, 6.07) is 8.17. The molecule has 1 saturated carbocycles. The third kappa shape index (κ3) is 3.86. The van der Waals surface area contributed by atoms with Crippen molar-refractivity contribution in [3.63, 3.8) is 0 Å². The first-order valence-electron chi connectivity index (χ1n) is 7.54. The lowest BCUT2D eigenvalue weighted by Gasteiger charge is -2.29.